The van der Waals surface area contributed by atoms with Gasteiger partial charge in [-0.1, -0.05) is 23.7 Å². The second kappa shape index (κ2) is 6.93. The molecule has 0 spiro atoms. The van der Waals surface area contributed by atoms with Crippen molar-refractivity contribution in [3.05, 3.63) is 35.0 Å². The third-order valence-corrected chi connectivity index (χ3v) is 7.17. The number of halogens is 1. The van der Waals surface area contributed by atoms with E-state index >= 15 is 0 Å². The Morgan fingerprint density at radius 3 is 2.69 bits per heavy atom. The molecule has 10 heteroatoms. The van der Waals surface area contributed by atoms with Gasteiger partial charge >= 0.3 is 5.24 Å². The van der Waals surface area contributed by atoms with Gasteiger partial charge in [-0.2, -0.15) is 4.63 Å². The molecule has 0 saturated heterocycles. The van der Waals surface area contributed by atoms with E-state index in [2.05, 4.69) is 20.5 Å². The quantitative estimate of drug-likeness (QED) is 0.531. The van der Waals surface area contributed by atoms with Crippen molar-refractivity contribution >= 4 is 39.3 Å². The van der Waals surface area contributed by atoms with Crippen LogP contribution >= 0.6 is 11.6 Å². The van der Waals surface area contributed by atoms with Crippen molar-refractivity contribution < 1.29 is 13.6 Å². The van der Waals surface area contributed by atoms with Crippen molar-refractivity contribution in [3.63, 3.8) is 0 Å². The lowest BCUT2D eigenvalue weighted by Gasteiger charge is -2.46. The summed E-state index contributed by atoms with van der Waals surface area (Å²) >= 11 is 4.15. The number of benzene rings is 1. The molecular formula is C19H20ClN5O3S. The van der Waals surface area contributed by atoms with Gasteiger partial charge in [-0.15, -0.1) is 5.10 Å². The standard InChI is InChI=1S/C19H20ClN5O3S/c20-14-15(19-7-4-11(5-8-19)6-9-19)23-25-17(14)22-16(24-25)12-2-1-3-13(10-12)21-18(26)29(27)28/h1-3,10-11,23H,4-9H2,(H,21,26)(H,27,28). The Morgan fingerprint density at radius 1 is 1.31 bits per heavy atom. The van der Waals surface area contributed by atoms with Crippen molar-refractivity contribution in [1.82, 2.24) is 19.8 Å². The summed E-state index contributed by atoms with van der Waals surface area (Å²) < 4.78 is 21.3. The first-order valence-corrected chi connectivity index (χ1v) is 11.1. The van der Waals surface area contributed by atoms with E-state index in [4.69, 9.17) is 16.2 Å². The second-order valence-electron chi connectivity index (χ2n) is 7.98. The van der Waals surface area contributed by atoms with Gasteiger partial charge < -0.3 is 5.32 Å². The van der Waals surface area contributed by atoms with Crippen LogP contribution in [0.3, 0.4) is 0 Å². The van der Waals surface area contributed by atoms with E-state index in [1.165, 1.54) is 19.3 Å². The Labute approximate surface area is 174 Å². The summed E-state index contributed by atoms with van der Waals surface area (Å²) in [5.74, 6) is 1.33. The number of carbonyl (C=O) groups excluding carboxylic acids is 1. The highest BCUT2D eigenvalue weighted by Gasteiger charge is 2.44. The highest BCUT2D eigenvalue weighted by Crippen LogP contribution is 2.53. The molecule has 2 heterocycles. The van der Waals surface area contributed by atoms with Crippen molar-refractivity contribution in [1.29, 1.82) is 0 Å². The SMILES string of the molecule is O=C(Nc1cccc(-c2nc3c(Cl)c(C45CCC(CC4)CC5)[nH]n3n2)c1)S(=O)O. The van der Waals surface area contributed by atoms with Crippen molar-refractivity contribution in [2.45, 2.75) is 43.9 Å². The first-order chi connectivity index (χ1) is 13.9. The molecule has 0 radical (unpaired) electrons. The van der Waals surface area contributed by atoms with Gasteiger partial charge in [0.15, 0.2) is 11.5 Å². The maximum absolute atomic E-state index is 11.4. The van der Waals surface area contributed by atoms with Crippen molar-refractivity contribution in [2.75, 3.05) is 5.32 Å². The predicted octanol–water partition coefficient (Wildman–Crippen LogP) is 4.35. The minimum Gasteiger partial charge on any atom is -0.313 e. The van der Waals surface area contributed by atoms with E-state index < -0.39 is 16.3 Å². The molecule has 29 heavy (non-hydrogen) atoms. The Hall–Kier alpha value is -2.23. The molecule has 2 bridgehead atoms. The number of fused-ring (bicyclic) bond motifs is 4. The average molecular weight is 434 g/mol. The summed E-state index contributed by atoms with van der Waals surface area (Å²) in [5.41, 5.74) is 2.80. The molecule has 1 atom stereocenters. The molecule has 1 aromatic carbocycles. The zero-order valence-electron chi connectivity index (χ0n) is 15.5. The van der Waals surface area contributed by atoms with Crippen LogP contribution in [0.25, 0.3) is 17.0 Å². The van der Waals surface area contributed by atoms with Gasteiger partial charge in [-0.3, -0.25) is 14.4 Å². The van der Waals surface area contributed by atoms with Crippen molar-refractivity contribution in [3.8, 4) is 11.4 Å². The minimum absolute atomic E-state index is 0.110. The smallest absolute Gasteiger partial charge is 0.313 e. The Bertz CT molecular complexity index is 1120. The lowest BCUT2D eigenvalue weighted by Crippen LogP contribution is -2.38. The number of carbonyl (C=O) groups is 1. The van der Waals surface area contributed by atoms with Crippen LogP contribution in [0, 0.1) is 5.92 Å². The number of nitrogens with zero attached hydrogens (tertiary/aromatic N) is 3. The monoisotopic (exact) mass is 433 g/mol. The summed E-state index contributed by atoms with van der Waals surface area (Å²) in [4.78, 5) is 16.0. The summed E-state index contributed by atoms with van der Waals surface area (Å²) in [7, 11) is 0. The van der Waals surface area contributed by atoms with Crippen LogP contribution in [0.15, 0.2) is 24.3 Å². The van der Waals surface area contributed by atoms with Crippen LogP contribution in [0.4, 0.5) is 10.5 Å². The molecule has 3 N–H and O–H groups in total. The summed E-state index contributed by atoms with van der Waals surface area (Å²) in [5, 5.41) is 9.92. The van der Waals surface area contributed by atoms with Crippen LogP contribution in [0.1, 0.15) is 44.2 Å². The van der Waals surface area contributed by atoms with E-state index in [0.717, 1.165) is 30.9 Å². The van der Waals surface area contributed by atoms with Gasteiger partial charge in [0, 0.05) is 16.7 Å². The normalized spacial score (nSPS) is 24.7. The third kappa shape index (κ3) is 3.17. The van der Waals surface area contributed by atoms with Gasteiger partial charge in [0.2, 0.25) is 11.1 Å². The molecule has 1 unspecified atom stereocenters. The van der Waals surface area contributed by atoms with E-state index in [0.29, 0.717) is 27.7 Å². The highest BCUT2D eigenvalue weighted by atomic mass is 35.5. The van der Waals surface area contributed by atoms with Gasteiger partial charge in [-0.05, 0) is 56.6 Å². The predicted molar refractivity (Wildman–Crippen MR) is 110 cm³/mol. The number of nitrogens with one attached hydrogen (secondary N) is 2. The number of aromatic nitrogens is 4. The summed E-state index contributed by atoms with van der Waals surface area (Å²) in [6, 6.07) is 6.79. The number of anilines is 1. The zero-order valence-corrected chi connectivity index (χ0v) is 17.1. The van der Waals surface area contributed by atoms with Gasteiger partial charge in [0.25, 0.3) is 0 Å². The largest absolute Gasteiger partial charge is 0.340 e. The molecule has 6 rings (SSSR count). The van der Waals surface area contributed by atoms with Crippen LogP contribution < -0.4 is 5.32 Å². The maximum atomic E-state index is 11.4. The third-order valence-electron chi connectivity index (χ3n) is 6.39. The first-order valence-electron chi connectivity index (χ1n) is 9.62. The number of hydrogen-bond acceptors (Lipinski definition) is 4. The van der Waals surface area contributed by atoms with Gasteiger partial charge in [-0.25, -0.2) is 9.19 Å². The summed E-state index contributed by atoms with van der Waals surface area (Å²) in [6.45, 7) is 0. The Morgan fingerprint density at radius 2 is 2.03 bits per heavy atom. The molecule has 152 valence electrons. The molecule has 1 amide bonds. The lowest BCUT2D eigenvalue weighted by atomic mass is 9.59. The topological polar surface area (TPSA) is 112 Å². The number of rotatable bonds is 3. The fourth-order valence-corrected chi connectivity index (χ4v) is 5.36. The second-order valence-corrected chi connectivity index (χ2v) is 9.22. The van der Waals surface area contributed by atoms with E-state index in [9.17, 15) is 9.00 Å². The fourth-order valence-electron chi connectivity index (χ4n) is 4.79. The molecule has 3 fully saturated rings. The molecule has 0 aliphatic heterocycles. The molecular weight excluding hydrogens is 414 g/mol. The van der Waals surface area contributed by atoms with Crippen molar-refractivity contribution in [2.24, 2.45) is 5.92 Å². The van der Waals surface area contributed by atoms with Crippen LogP contribution in [-0.2, 0) is 16.5 Å². The van der Waals surface area contributed by atoms with Gasteiger partial charge in [0.1, 0.15) is 5.02 Å². The molecule has 3 aromatic rings. The van der Waals surface area contributed by atoms with E-state index in [-0.39, 0.29) is 5.41 Å². The van der Waals surface area contributed by atoms with Crippen LogP contribution in [0.5, 0.6) is 0 Å². The highest BCUT2D eigenvalue weighted by molar-refractivity contribution is 7.95. The Kier molecular flexibility index (Phi) is 4.49. The van der Waals surface area contributed by atoms with E-state index in [1.807, 2.05) is 0 Å². The van der Waals surface area contributed by atoms with Gasteiger partial charge in [0.05, 0.1) is 5.69 Å². The first kappa shape index (κ1) is 18.8. The number of H-pyrrole nitrogens is 1. The van der Waals surface area contributed by atoms with Crippen LogP contribution in [0.2, 0.25) is 5.02 Å². The number of aromatic amines is 1. The maximum Gasteiger partial charge on any atom is 0.340 e. The van der Waals surface area contributed by atoms with Crippen LogP contribution in [-0.4, -0.2) is 33.8 Å². The zero-order chi connectivity index (χ0) is 20.2. The molecule has 3 aliphatic carbocycles. The summed E-state index contributed by atoms with van der Waals surface area (Å²) in [6.07, 6.45) is 7.24. The molecule has 3 aliphatic rings. The fraction of sp³-hybridized carbons (Fsp3) is 0.421. The average Bonchev–Trinajstić information content (AvgIpc) is 3.29. The number of hydrogen-bond donors (Lipinski definition) is 3. The Balaban J connectivity index is 1.47. The molecule has 3 saturated carbocycles. The lowest BCUT2D eigenvalue weighted by molar-refractivity contribution is 0.132. The molecule has 8 nitrogen and oxygen atoms in total. The number of amides is 1. The molecule has 2 aromatic heterocycles. The van der Waals surface area contributed by atoms with E-state index in [1.54, 1.807) is 28.9 Å². The minimum atomic E-state index is -2.59.